The number of anilines is 4. The molecular formula is C30H17N9. The zero-order valence-electron chi connectivity index (χ0n) is 20.7. The van der Waals surface area contributed by atoms with E-state index in [1.54, 1.807) is 16.7 Å². The molecule has 0 bridgehead atoms. The van der Waals surface area contributed by atoms with E-state index in [1.165, 1.54) is 0 Å². The molecule has 39 heavy (non-hydrogen) atoms. The highest BCUT2D eigenvalue weighted by Gasteiger charge is 2.35. The summed E-state index contributed by atoms with van der Waals surface area (Å²) in [6, 6.07) is 30.6. The highest BCUT2D eigenvalue weighted by molar-refractivity contribution is 6.14. The second-order valence-corrected chi connectivity index (χ2v) is 8.40. The molecule has 0 saturated carbocycles. The van der Waals surface area contributed by atoms with Crippen molar-refractivity contribution in [3.05, 3.63) is 108 Å². The lowest BCUT2D eigenvalue weighted by atomic mass is 10.1. The molecule has 0 N–H and O–H groups in total. The Bertz CT molecular complexity index is 1890. The van der Waals surface area contributed by atoms with Crippen LogP contribution in [0.15, 0.2) is 101 Å². The Kier molecular flexibility index (Phi) is 6.25. The number of benzene rings is 3. The number of hydrogen-bond acceptors (Lipinski definition) is 9. The van der Waals surface area contributed by atoms with Gasteiger partial charge in [0.1, 0.15) is 24.3 Å². The summed E-state index contributed by atoms with van der Waals surface area (Å²) in [4.78, 5) is 17.1. The van der Waals surface area contributed by atoms with E-state index >= 15 is 0 Å². The van der Waals surface area contributed by atoms with Crippen LogP contribution in [-0.2, 0) is 0 Å². The van der Waals surface area contributed by atoms with Gasteiger partial charge in [0.25, 0.3) is 0 Å². The number of nitrogens with zero attached hydrogens (tertiary/aromatic N) is 9. The molecule has 0 amide bonds. The molecule has 9 heteroatoms. The summed E-state index contributed by atoms with van der Waals surface area (Å²) in [5.41, 5.74) is 1.33. The largest absolute Gasteiger partial charge is 0.292 e. The van der Waals surface area contributed by atoms with Crippen molar-refractivity contribution >= 4 is 39.5 Å². The molecule has 0 aliphatic carbocycles. The van der Waals surface area contributed by atoms with E-state index in [9.17, 15) is 21.0 Å². The van der Waals surface area contributed by atoms with Gasteiger partial charge in [-0.1, -0.05) is 55.1 Å². The van der Waals surface area contributed by atoms with Crippen molar-refractivity contribution < 1.29 is 0 Å². The quantitative estimate of drug-likeness (QED) is 0.248. The summed E-state index contributed by atoms with van der Waals surface area (Å²) in [7, 11) is 0. The first-order valence-electron chi connectivity index (χ1n) is 11.7. The molecule has 5 rings (SSSR count). The summed E-state index contributed by atoms with van der Waals surface area (Å²) in [6.45, 7) is 5.46. The SMILES string of the molecule is C=C(C#N)/C(C#N)=N\C1=C(C)N(c2ccc3ccccc3c2)c2nc(C#N)c(C#N)nc2N1c1ccccc1. The van der Waals surface area contributed by atoms with Gasteiger partial charge >= 0.3 is 0 Å². The normalized spacial score (nSPS) is 12.7. The monoisotopic (exact) mass is 503 g/mol. The van der Waals surface area contributed by atoms with E-state index in [0.717, 1.165) is 10.8 Å². The lowest BCUT2D eigenvalue weighted by Crippen LogP contribution is -2.32. The minimum Gasteiger partial charge on any atom is -0.292 e. The van der Waals surface area contributed by atoms with Crippen LogP contribution in [0.1, 0.15) is 18.3 Å². The molecule has 9 nitrogen and oxygen atoms in total. The second-order valence-electron chi connectivity index (χ2n) is 8.40. The zero-order chi connectivity index (χ0) is 27.5. The molecule has 0 unspecified atom stereocenters. The predicted octanol–water partition coefficient (Wildman–Crippen LogP) is 5.90. The van der Waals surface area contributed by atoms with Crippen molar-refractivity contribution in [1.29, 1.82) is 21.0 Å². The molecule has 0 fully saturated rings. The standard InChI is InChI=1S/C30H17N9/c1-19(15-31)25(16-32)35-28-20(2)38(24-13-12-21-8-6-7-9-22(21)14-24)29-30(37-27(18-34)26(17-33)36-29)39(28)23-10-4-3-5-11-23/h3-14H,1H2,2H3/b35-25-. The molecule has 1 aromatic heterocycles. The fourth-order valence-corrected chi connectivity index (χ4v) is 4.30. The molecule has 0 spiro atoms. The Balaban J connectivity index is 1.89. The third kappa shape index (κ3) is 4.19. The van der Waals surface area contributed by atoms with Crippen molar-refractivity contribution in [2.24, 2.45) is 4.99 Å². The molecule has 1 aliphatic heterocycles. The average molecular weight is 504 g/mol. The van der Waals surface area contributed by atoms with Gasteiger partial charge in [-0.25, -0.2) is 15.0 Å². The number of fused-ring (bicyclic) bond motifs is 2. The Morgan fingerprint density at radius 3 is 1.97 bits per heavy atom. The first kappa shape index (κ1) is 24.4. The van der Waals surface area contributed by atoms with Crippen LogP contribution in [0, 0.1) is 45.3 Å². The number of hydrogen-bond donors (Lipinski definition) is 0. The van der Waals surface area contributed by atoms with Crippen molar-refractivity contribution in [2.75, 3.05) is 9.80 Å². The van der Waals surface area contributed by atoms with E-state index < -0.39 is 0 Å². The van der Waals surface area contributed by atoms with Gasteiger partial charge in [0.15, 0.2) is 34.6 Å². The molecule has 1 aliphatic rings. The number of aliphatic imine (C=N–C) groups is 1. The van der Waals surface area contributed by atoms with Crippen molar-refractivity contribution in [1.82, 2.24) is 9.97 Å². The summed E-state index contributed by atoms with van der Waals surface area (Å²) in [5.74, 6) is 0.811. The van der Waals surface area contributed by atoms with Crippen LogP contribution in [0.3, 0.4) is 0 Å². The average Bonchev–Trinajstić information content (AvgIpc) is 2.99. The summed E-state index contributed by atoms with van der Waals surface area (Å²) < 4.78 is 0. The molecule has 2 heterocycles. The van der Waals surface area contributed by atoms with Gasteiger partial charge in [0.05, 0.1) is 11.3 Å². The second kappa shape index (κ2) is 9.99. The summed E-state index contributed by atoms with van der Waals surface area (Å²) in [6.07, 6.45) is 0. The van der Waals surface area contributed by atoms with Crippen LogP contribution in [0.2, 0.25) is 0 Å². The minimum atomic E-state index is -0.170. The van der Waals surface area contributed by atoms with Crippen LogP contribution < -0.4 is 9.80 Å². The fourth-order valence-electron chi connectivity index (χ4n) is 4.30. The van der Waals surface area contributed by atoms with Gasteiger partial charge in [0, 0.05) is 11.4 Å². The van der Waals surface area contributed by atoms with E-state index in [4.69, 9.17) is 0 Å². The number of nitriles is 4. The van der Waals surface area contributed by atoms with E-state index in [2.05, 4.69) is 21.5 Å². The van der Waals surface area contributed by atoms with Crippen LogP contribution in [-0.4, -0.2) is 15.7 Å². The Hall–Kier alpha value is -6.29. The molecule has 0 atom stereocenters. The number of allylic oxidation sites excluding steroid dienone is 2. The van der Waals surface area contributed by atoms with E-state index in [1.807, 2.05) is 97.1 Å². The smallest absolute Gasteiger partial charge is 0.184 e. The van der Waals surface area contributed by atoms with Gasteiger partial charge in [-0.15, -0.1) is 0 Å². The topological polar surface area (TPSA) is 140 Å². The number of rotatable bonds is 4. The van der Waals surface area contributed by atoms with E-state index in [0.29, 0.717) is 22.9 Å². The van der Waals surface area contributed by atoms with Gasteiger partial charge in [0.2, 0.25) is 0 Å². The summed E-state index contributed by atoms with van der Waals surface area (Å²) >= 11 is 0. The van der Waals surface area contributed by atoms with Crippen LogP contribution in [0.25, 0.3) is 10.8 Å². The van der Waals surface area contributed by atoms with Crippen LogP contribution >= 0.6 is 0 Å². The number of aromatic nitrogens is 2. The van der Waals surface area contributed by atoms with Gasteiger partial charge in [-0.3, -0.25) is 9.80 Å². The highest BCUT2D eigenvalue weighted by Crippen LogP contribution is 2.46. The summed E-state index contributed by atoms with van der Waals surface area (Å²) in [5, 5.41) is 40.7. The maximum absolute atomic E-state index is 9.79. The number of para-hydroxylation sites is 1. The van der Waals surface area contributed by atoms with Crippen LogP contribution in [0.4, 0.5) is 23.0 Å². The molecule has 4 aromatic rings. The highest BCUT2D eigenvalue weighted by atomic mass is 15.4. The fraction of sp³-hybridized carbons (Fsp3) is 0.0333. The lowest BCUT2D eigenvalue weighted by Gasteiger charge is -2.38. The third-order valence-corrected chi connectivity index (χ3v) is 6.12. The van der Waals surface area contributed by atoms with Crippen molar-refractivity contribution in [3.8, 4) is 24.3 Å². The van der Waals surface area contributed by atoms with Gasteiger partial charge in [-0.05, 0) is 42.0 Å². The van der Waals surface area contributed by atoms with Crippen molar-refractivity contribution in [2.45, 2.75) is 6.92 Å². The predicted molar refractivity (Wildman–Crippen MR) is 147 cm³/mol. The molecule has 182 valence electrons. The lowest BCUT2D eigenvalue weighted by molar-refractivity contribution is 0.921. The third-order valence-electron chi connectivity index (χ3n) is 6.12. The van der Waals surface area contributed by atoms with Gasteiger partial charge < -0.3 is 0 Å². The molecule has 0 radical (unpaired) electrons. The molecule has 0 saturated heterocycles. The first-order valence-corrected chi connectivity index (χ1v) is 11.7. The minimum absolute atomic E-state index is 0.0995. The van der Waals surface area contributed by atoms with Crippen LogP contribution in [0.5, 0.6) is 0 Å². The van der Waals surface area contributed by atoms with Gasteiger partial charge in [-0.2, -0.15) is 21.0 Å². The molecular weight excluding hydrogens is 486 g/mol. The Morgan fingerprint density at radius 1 is 0.744 bits per heavy atom. The van der Waals surface area contributed by atoms with E-state index in [-0.39, 0.29) is 34.3 Å². The Labute approximate surface area is 224 Å². The van der Waals surface area contributed by atoms with Crippen molar-refractivity contribution in [3.63, 3.8) is 0 Å². The first-order chi connectivity index (χ1) is 19.0. The zero-order valence-corrected chi connectivity index (χ0v) is 20.7. The maximum atomic E-state index is 9.79. The maximum Gasteiger partial charge on any atom is 0.184 e. The molecule has 3 aromatic carbocycles. The Morgan fingerprint density at radius 2 is 1.36 bits per heavy atom.